The quantitative estimate of drug-likeness (QED) is 0.555. The average molecular weight is 205 g/mol. The minimum atomic E-state index is -1.40. The third kappa shape index (κ3) is 7.19. The molecule has 0 N–H and O–H groups in total. The van der Waals surface area contributed by atoms with E-state index in [4.69, 9.17) is 8.85 Å². The van der Waals surface area contributed by atoms with Crippen molar-refractivity contribution in [3.8, 4) is 0 Å². The molecule has 0 aliphatic rings. The molecular weight excluding hydrogens is 182 g/mol. The van der Waals surface area contributed by atoms with Gasteiger partial charge in [-0.05, 0) is 33.9 Å². The molecule has 0 aromatic heterocycles. The molecule has 3 nitrogen and oxygen atoms in total. The first-order chi connectivity index (χ1) is 6.24. The highest BCUT2D eigenvalue weighted by molar-refractivity contribution is 6.44. The van der Waals surface area contributed by atoms with E-state index < -0.39 is 9.28 Å². The zero-order chi connectivity index (χ0) is 10.1. The Morgan fingerprint density at radius 1 is 1.08 bits per heavy atom. The van der Waals surface area contributed by atoms with E-state index in [1.807, 2.05) is 13.8 Å². The standard InChI is InChI=1S/C9H23NO2Si/c1-5-8-10(4)9-13(11-6-2)12-7-3/h13H,5-9H2,1-4H3. The molecule has 0 aliphatic carbocycles. The Kier molecular flexibility index (Phi) is 8.75. The summed E-state index contributed by atoms with van der Waals surface area (Å²) in [4.78, 5) is 2.29. The molecule has 0 aromatic rings. The van der Waals surface area contributed by atoms with Crippen LogP contribution in [0.15, 0.2) is 0 Å². The first-order valence-corrected chi connectivity index (χ1v) is 6.92. The van der Waals surface area contributed by atoms with Crippen molar-refractivity contribution in [2.75, 3.05) is 33.0 Å². The fraction of sp³-hybridized carbons (Fsp3) is 1.00. The summed E-state index contributed by atoms with van der Waals surface area (Å²) < 4.78 is 11.1. The lowest BCUT2D eigenvalue weighted by molar-refractivity contribution is 0.195. The van der Waals surface area contributed by atoms with E-state index in [9.17, 15) is 0 Å². The maximum atomic E-state index is 5.57. The summed E-state index contributed by atoms with van der Waals surface area (Å²) in [6, 6.07) is 0. The Morgan fingerprint density at radius 3 is 2.00 bits per heavy atom. The second kappa shape index (κ2) is 8.68. The first-order valence-electron chi connectivity index (χ1n) is 5.16. The minimum Gasteiger partial charge on any atom is -0.396 e. The van der Waals surface area contributed by atoms with E-state index in [2.05, 4.69) is 18.9 Å². The van der Waals surface area contributed by atoms with Gasteiger partial charge in [-0.2, -0.15) is 0 Å². The van der Waals surface area contributed by atoms with Gasteiger partial charge in [0.05, 0.1) is 0 Å². The van der Waals surface area contributed by atoms with Crippen LogP contribution in [-0.2, 0) is 8.85 Å². The van der Waals surface area contributed by atoms with E-state index in [1.165, 1.54) is 6.42 Å². The molecule has 0 aliphatic heterocycles. The van der Waals surface area contributed by atoms with Crippen molar-refractivity contribution in [1.82, 2.24) is 4.90 Å². The van der Waals surface area contributed by atoms with Gasteiger partial charge in [-0.1, -0.05) is 6.92 Å². The largest absolute Gasteiger partial charge is 0.396 e. The maximum absolute atomic E-state index is 5.57. The zero-order valence-electron chi connectivity index (χ0n) is 9.38. The average Bonchev–Trinajstić information content (AvgIpc) is 2.05. The molecule has 0 saturated heterocycles. The van der Waals surface area contributed by atoms with Crippen molar-refractivity contribution >= 4 is 9.28 Å². The van der Waals surface area contributed by atoms with Crippen molar-refractivity contribution in [2.45, 2.75) is 27.2 Å². The van der Waals surface area contributed by atoms with Crippen LogP contribution in [0.3, 0.4) is 0 Å². The molecule has 0 radical (unpaired) electrons. The van der Waals surface area contributed by atoms with Gasteiger partial charge in [0.15, 0.2) is 0 Å². The molecule has 0 spiro atoms. The lowest BCUT2D eigenvalue weighted by Crippen LogP contribution is -2.37. The zero-order valence-corrected chi connectivity index (χ0v) is 10.5. The number of hydrogen-bond acceptors (Lipinski definition) is 3. The monoisotopic (exact) mass is 205 g/mol. The van der Waals surface area contributed by atoms with Crippen LogP contribution < -0.4 is 0 Å². The fourth-order valence-corrected chi connectivity index (χ4v) is 2.99. The molecule has 0 amide bonds. The lowest BCUT2D eigenvalue weighted by atomic mass is 10.5. The van der Waals surface area contributed by atoms with Gasteiger partial charge >= 0.3 is 9.28 Å². The van der Waals surface area contributed by atoms with Crippen molar-refractivity contribution < 1.29 is 8.85 Å². The summed E-state index contributed by atoms with van der Waals surface area (Å²) in [5.74, 6) is 0. The van der Waals surface area contributed by atoms with Crippen molar-refractivity contribution in [3.05, 3.63) is 0 Å². The van der Waals surface area contributed by atoms with Crippen LogP contribution in [0, 0.1) is 0 Å². The van der Waals surface area contributed by atoms with Crippen LogP contribution in [0.5, 0.6) is 0 Å². The molecule has 0 unspecified atom stereocenters. The molecular formula is C9H23NO2Si. The molecule has 13 heavy (non-hydrogen) atoms. The van der Waals surface area contributed by atoms with E-state index in [0.717, 1.165) is 25.9 Å². The van der Waals surface area contributed by atoms with E-state index in [-0.39, 0.29) is 0 Å². The van der Waals surface area contributed by atoms with Gasteiger partial charge in [-0.25, -0.2) is 0 Å². The molecule has 0 bridgehead atoms. The molecule has 0 atom stereocenters. The highest BCUT2D eigenvalue weighted by Crippen LogP contribution is 1.94. The number of rotatable bonds is 8. The smallest absolute Gasteiger partial charge is 0.335 e. The molecule has 0 rings (SSSR count). The van der Waals surface area contributed by atoms with Crippen LogP contribution in [0.2, 0.25) is 0 Å². The summed E-state index contributed by atoms with van der Waals surface area (Å²) in [5, 5.41) is 0. The van der Waals surface area contributed by atoms with Gasteiger partial charge in [0.1, 0.15) is 0 Å². The Balaban J connectivity index is 3.64. The van der Waals surface area contributed by atoms with Gasteiger partial charge in [-0.15, -0.1) is 0 Å². The molecule has 80 valence electrons. The normalized spacial score (nSPS) is 11.5. The lowest BCUT2D eigenvalue weighted by Gasteiger charge is -2.21. The van der Waals surface area contributed by atoms with E-state index in [0.29, 0.717) is 0 Å². The SMILES string of the molecule is CCCN(C)C[SiH](OCC)OCC. The third-order valence-electron chi connectivity index (χ3n) is 1.77. The van der Waals surface area contributed by atoms with Crippen LogP contribution in [-0.4, -0.2) is 47.2 Å². The summed E-state index contributed by atoms with van der Waals surface area (Å²) in [6.07, 6.45) is 2.19. The predicted molar refractivity (Wildman–Crippen MR) is 58.2 cm³/mol. The Bertz CT molecular complexity index is 108. The summed E-state index contributed by atoms with van der Waals surface area (Å²) in [7, 11) is 0.729. The Labute approximate surface area is 83.9 Å². The summed E-state index contributed by atoms with van der Waals surface area (Å²) in [6.45, 7) is 8.92. The van der Waals surface area contributed by atoms with Crippen LogP contribution in [0.25, 0.3) is 0 Å². The van der Waals surface area contributed by atoms with Gasteiger partial charge < -0.3 is 13.8 Å². The Hall–Kier alpha value is 0.0969. The van der Waals surface area contributed by atoms with E-state index >= 15 is 0 Å². The van der Waals surface area contributed by atoms with Gasteiger partial charge in [0, 0.05) is 19.4 Å². The molecule has 0 fully saturated rings. The topological polar surface area (TPSA) is 21.7 Å². The van der Waals surface area contributed by atoms with Crippen LogP contribution in [0.1, 0.15) is 27.2 Å². The summed E-state index contributed by atoms with van der Waals surface area (Å²) in [5.41, 5.74) is 0. The Morgan fingerprint density at radius 2 is 1.62 bits per heavy atom. The number of hydrogen-bond donors (Lipinski definition) is 0. The highest BCUT2D eigenvalue weighted by Gasteiger charge is 2.14. The number of nitrogens with zero attached hydrogens (tertiary/aromatic N) is 1. The van der Waals surface area contributed by atoms with E-state index in [1.54, 1.807) is 0 Å². The molecule has 0 heterocycles. The van der Waals surface area contributed by atoms with Gasteiger partial charge in [-0.3, -0.25) is 0 Å². The first kappa shape index (κ1) is 13.1. The van der Waals surface area contributed by atoms with Crippen molar-refractivity contribution in [1.29, 1.82) is 0 Å². The fourth-order valence-electron chi connectivity index (χ4n) is 1.25. The molecule has 0 saturated carbocycles. The minimum absolute atomic E-state index is 0.775. The van der Waals surface area contributed by atoms with Gasteiger partial charge in [0.2, 0.25) is 0 Å². The van der Waals surface area contributed by atoms with Crippen molar-refractivity contribution in [3.63, 3.8) is 0 Å². The van der Waals surface area contributed by atoms with Gasteiger partial charge in [0.25, 0.3) is 0 Å². The van der Waals surface area contributed by atoms with Crippen LogP contribution >= 0.6 is 0 Å². The second-order valence-corrected chi connectivity index (χ2v) is 4.99. The summed E-state index contributed by atoms with van der Waals surface area (Å²) >= 11 is 0. The highest BCUT2D eigenvalue weighted by atomic mass is 28.3. The van der Waals surface area contributed by atoms with Crippen LogP contribution in [0.4, 0.5) is 0 Å². The third-order valence-corrected chi connectivity index (χ3v) is 4.10. The van der Waals surface area contributed by atoms with Crippen molar-refractivity contribution in [2.24, 2.45) is 0 Å². The second-order valence-electron chi connectivity index (χ2n) is 3.10. The molecule has 4 heteroatoms. The predicted octanol–water partition coefficient (Wildman–Crippen LogP) is 1.16. The maximum Gasteiger partial charge on any atom is 0.335 e. The molecule has 0 aromatic carbocycles.